The Morgan fingerprint density at radius 3 is 2.71 bits per heavy atom. The fraction of sp³-hybridized carbons (Fsp3) is 0.444. The molecule has 0 saturated heterocycles. The van der Waals surface area contributed by atoms with Gasteiger partial charge in [-0.2, -0.15) is 0 Å². The standard InChI is InChI=1S/C18H24N2O3S/c1-14(2)20(8-10-23-11-9-21)17(22)12-16-13-24-18(19-16)15-6-4-3-5-7-15/h3-7,13-14,21H,8-12H2,1-2H3. The van der Waals surface area contributed by atoms with Gasteiger partial charge in [0.15, 0.2) is 0 Å². The van der Waals surface area contributed by atoms with Crippen molar-refractivity contribution < 1.29 is 14.6 Å². The smallest absolute Gasteiger partial charge is 0.228 e. The Bertz CT molecular complexity index is 628. The summed E-state index contributed by atoms with van der Waals surface area (Å²) in [6.07, 6.45) is 0.293. The predicted octanol–water partition coefficient (Wildman–Crippen LogP) is 2.60. The summed E-state index contributed by atoms with van der Waals surface area (Å²) in [6, 6.07) is 10.1. The van der Waals surface area contributed by atoms with Crippen LogP contribution in [-0.2, 0) is 16.0 Å². The van der Waals surface area contributed by atoms with Crippen LogP contribution in [-0.4, -0.2) is 53.3 Å². The van der Waals surface area contributed by atoms with Crippen LogP contribution >= 0.6 is 11.3 Å². The molecule has 0 spiro atoms. The van der Waals surface area contributed by atoms with E-state index in [9.17, 15) is 4.79 Å². The third-order valence-electron chi connectivity index (χ3n) is 3.56. The van der Waals surface area contributed by atoms with Gasteiger partial charge in [0.05, 0.1) is 31.9 Å². The fourth-order valence-corrected chi connectivity index (χ4v) is 3.18. The van der Waals surface area contributed by atoms with E-state index in [-0.39, 0.29) is 18.6 Å². The fourth-order valence-electron chi connectivity index (χ4n) is 2.36. The highest BCUT2D eigenvalue weighted by atomic mass is 32.1. The molecule has 24 heavy (non-hydrogen) atoms. The van der Waals surface area contributed by atoms with Gasteiger partial charge in [-0.15, -0.1) is 11.3 Å². The number of aromatic nitrogens is 1. The molecular formula is C18H24N2O3S. The molecule has 0 radical (unpaired) electrons. The van der Waals surface area contributed by atoms with Gasteiger partial charge in [-0.25, -0.2) is 4.98 Å². The van der Waals surface area contributed by atoms with Crippen molar-refractivity contribution in [3.8, 4) is 10.6 Å². The number of benzene rings is 1. The molecule has 1 heterocycles. The maximum Gasteiger partial charge on any atom is 0.228 e. The van der Waals surface area contributed by atoms with E-state index in [1.165, 1.54) is 0 Å². The number of amides is 1. The maximum atomic E-state index is 12.5. The Morgan fingerprint density at radius 2 is 2.04 bits per heavy atom. The van der Waals surface area contributed by atoms with Crippen LogP contribution in [0.15, 0.2) is 35.7 Å². The molecule has 0 aliphatic carbocycles. The molecular weight excluding hydrogens is 324 g/mol. The molecule has 0 atom stereocenters. The summed E-state index contributed by atoms with van der Waals surface area (Å²) < 4.78 is 5.27. The molecule has 1 amide bonds. The number of nitrogens with zero attached hydrogens (tertiary/aromatic N) is 2. The van der Waals surface area contributed by atoms with Gasteiger partial charge in [0, 0.05) is 23.5 Å². The summed E-state index contributed by atoms with van der Waals surface area (Å²) in [6.45, 7) is 5.22. The van der Waals surface area contributed by atoms with Crippen LogP contribution in [0.1, 0.15) is 19.5 Å². The van der Waals surface area contributed by atoms with Crippen LogP contribution in [0, 0.1) is 0 Å². The minimum atomic E-state index is -0.00326. The lowest BCUT2D eigenvalue weighted by molar-refractivity contribution is -0.133. The Hall–Kier alpha value is -1.76. The Balaban J connectivity index is 1.95. The van der Waals surface area contributed by atoms with E-state index in [0.717, 1.165) is 16.3 Å². The van der Waals surface area contributed by atoms with E-state index in [0.29, 0.717) is 26.2 Å². The second-order valence-corrected chi connectivity index (χ2v) is 6.56. The zero-order chi connectivity index (χ0) is 17.4. The van der Waals surface area contributed by atoms with Crippen molar-refractivity contribution >= 4 is 17.2 Å². The normalized spacial score (nSPS) is 11.0. The number of carbonyl (C=O) groups is 1. The molecule has 1 aromatic heterocycles. The van der Waals surface area contributed by atoms with Crippen molar-refractivity contribution in [1.29, 1.82) is 0 Å². The van der Waals surface area contributed by atoms with Gasteiger partial charge in [0.25, 0.3) is 0 Å². The van der Waals surface area contributed by atoms with Gasteiger partial charge in [-0.05, 0) is 13.8 Å². The minimum absolute atomic E-state index is 0.00326. The SMILES string of the molecule is CC(C)N(CCOCCO)C(=O)Cc1csc(-c2ccccc2)n1. The van der Waals surface area contributed by atoms with Gasteiger partial charge < -0.3 is 14.7 Å². The van der Waals surface area contributed by atoms with Crippen LogP contribution < -0.4 is 0 Å². The molecule has 0 saturated carbocycles. The quantitative estimate of drug-likeness (QED) is 0.708. The summed E-state index contributed by atoms with van der Waals surface area (Å²) in [4.78, 5) is 18.9. The first-order chi connectivity index (χ1) is 11.6. The molecule has 0 bridgehead atoms. The zero-order valence-electron chi connectivity index (χ0n) is 14.1. The van der Waals surface area contributed by atoms with Gasteiger partial charge in [0.1, 0.15) is 5.01 Å². The van der Waals surface area contributed by atoms with E-state index in [1.807, 2.05) is 49.6 Å². The molecule has 1 N–H and O–H groups in total. The number of aliphatic hydroxyl groups excluding tert-OH is 1. The third-order valence-corrected chi connectivity index (χ3v) is 4.50. The average Bonchev–Trinajstić information content (AvgIpc) is 3.03. The van der Waals surface area contributed by atoms with E-state index < -0.39 is 0 Å². The van der Waals surface area contributed by atoms with Crippen LogP contribution in [0.5, 0.6) is 0 Å². The number of carbonyl (C=O) groups excluding carboxylic acids is 1. The van der Waals surface area contributed by atoms with Crippen molar-refractivity contribution in [2.75, 3.05) is 26.4 Å². The highest BCUT2D eigenvalue weighted by molar-refractivity contribution is 7.13. The number of hydrogen-bond donors (Lipinski definition) is 1. The van der Waals surface area contributed by atoms with Crippen molar-refractivity contribution in [1.82, 2.24) is 9.88 Å². The Kier molecular flexibility index (Phi) is 7.36. The summed E-state index contributed by atoms with van der Waals surface area (Å²) in [5, 5.41) is 11.6. The van der Waals surface area contributed by atoms with Crippen LogP contribution in [0.25, 0.3) is 10.6 Å². The van der Waals surface area contributed by atoms with Crippen molar-refractivity contribution in [3.63, 3.8) is 0 Å². The lowest BCUT2D eigenvalue weighted by atomic mass is 10.2. The van der Waals surface area contributed by atoms with Gasteiger partial charge in [0.2, 0.25) is 5.91 Å². The van der Waals surface area contributed by atoms with Crippen LogP contribution in [0.4, 0.5) is 0 Å². The Morgan fingerprint density at radius 1 is 1.29 bits per heavy atom. The predicted molar refractivity (Wildman–Crippen MR) is 96.0 cm³/mol. The third kappa shape index (κ3) is 5.40. The largest absolute Gasteiger partial charge is 0.394 e. The first-order valence-electron chi connectivity index (χ1n) is 8.09. The molecule has 0 aliphatic heterocycles. The molecule has 6 heteroatoms. The second-order valence-electron chi connectivity index (χ2n) is 5.70. The number of aliphatic hydroxyl groups is 1. The Labute approximate surface area is 146 Å². The highest BCUT2D eigenvalue weighted by Crippen LogP contribution is 2.23. The van der Waals surface area contributed by atoms with Gasteiger partial charge in [-0.1, -0.05) is 30.3 Å². The van der Waals surface area contributed by atoms with E-state index in [4.69, 9.17) is 9.84 Å². The average molecular weight is 348 g/mol. The topological polar surface area (TPSA) is 62.7 Å². The molecule has 0 fully saturated rings. The molecule has 130 valence electrons. The molecule has 1 aromatic carbocycles. The van der Waals surface area contributed by atoms with Crippen molar-refractivity contribution in [2.24, 2.45) is 0 Å². The first kappa shape index (κ1) is 18.6. The first-order valence-corrected chi connectivity index (χ1v) is 8.97. The molecule has 2 aromatic rings. The maximum absolute atomic E-state index is 12.5. The van der Waals surface area contributed by atoms with Crippen molar-refractivity contribution in [3.05, 3.63) is 41.4 Å². The molecule has 2 rings (SSSR count). The monoisotopic (exact) mass is 348 g/mol. The molecule has 0 unspecified atom stereocenters. The van der Waals surface area contributed by atoms with E-state index in [1.54, 1.807) is 16.2 Å². The molecule has 0 aliphatic rings. The summed E-state index contributed by atoms with van der Waals surface area (Å²) >= 11 is 1.55. The summed E-state index contributed by atoms with van der Waals surface area (Å²) in [5.41, 5.74) is 1.87. The number of ether oxygens (including phenoxy) is 1. The highest BCUT2D eigenvalue weighted by Gasteiger charge is 2.18. The van der Waals surface area contributed by atoms with E-state index in [2.05, 4.69) is 4.98 Å². The summed E-state index contributed by atoms with van der Waals surface area (Å²) in [7, 11) is 0. The zero-order valence-corrected chi connectivity index (χ0v) is 15.0. The number of rotatable bonds is 9. The van der Waals surface area contributed by atoms with Gasteiger partial charge in [-0.3, -0.25) is 4.79 Å². The lowest BCUT2D eigenvalue weighted by Gasteiger charge is -2.26. The van der Waals surface area contributed by atoms with Gasteiger partial charge >= 0.3 is 0 Å². The van der Waals surface area contributed by atoms with Crippen molar-refractivity contribution in [2.45, 2.75) is 26.3 Å². The lowest BCUT2D eigenvalue weighted by Crippen LogP contribution is -2.40. The second kappa shape index (κ2) is 9.52. The van der Waals surface area contributed by atoms with Crippen LogP contribution in [0.2, 0.25) is 0 Å². The summed E-state index contributed by atoms with van der Waals surface area (Å²) in [5.74, 6) is 0.0440. The molecule has 5 nitrogen and oxygen atoms in total. The van der Waals surface area contributed by atoms with E-state index >= 15 is 0 Å². The minimum Gasteiger partial charge on any atom is -0.394 e. The number of hydrogen-bond acceptors (Lipinski definition) is 5. The number of thiazole rings is 1. The van der Waals surface area contributed by atoms with Crippen LogP contribution in [0.3, 0.4) is 0 Å².